The number of hydrogen-bond acceptors (Lipinski definition) is 5. The molecule has 0 saturated carbocycles. The van der Waals surface area contributed by atoms with Crippen molar-refractivity contribution in [1.29, 1.82) is 0 Å². The van der Waals surface area contributed by atoms with Crippen LogP contribution in [0, 0.1) is 0 Å². The molecular formula is C12H16N2O4. The number of nitrogens with one attached hydrogen (secondary N) is 1. The average molecular weight is 252 g/mol. The molecule has 1 N–H and O–H groups in total. The summed E-state index contributed by atoms with van der Waals surface area (Å²) in [5.41, 5.74) is 0.893. The molecule has 6 heteroatoms. The molecule has 0 aromatic carbocycles. The Balaban J connectivity index is 2.42. The monoisotopic (exact) mass is 252 g/mol. The molecule has 6 nitrogen and oxygen atoms in total. The van der Waals surface area contributed by atoms with Gasteiger partial charge in [-0.1, -0.05) is 6.07 Å². The molecule has 1 heterocycles. The van der Waals surface area contributed by atoms with Crippen molar-refractivity contribution < 1.29 is 19.1 Å². The van der Waals surface area contributed by atoms with Gasteiger partial charge < -0.3 is 14.8 Å². The second-order valence-electron chi connectivity index (χ2n) is 3.65. The van der Waals surface area contributed by atoms with Gasteiger partial charge in [-0.05, 0) is 11.6 Å². The predicted molar refractivity (Wildman–Crippen MR) is 63.5 cm³/mol. The molecule has 1 rings (SSSR count). The van der Waals surface area contributed by atoms with Gasteiger partial charge >= 0.3 is 5.97 Å². The van der Waals surface area contributed by atoms with E-state index in [9.17, 15) is 9.59 Å². The van der Waals surface area contributed by atoms with Crippen LogP contribution >= 0.6 is 0 Å². The molecule has 1 aromatic rings. The Morgan fingerprint density at radius 3 is 2.83 bits per heavy atom. The van der Waals surface area contributed by atoms with Crippen LogP contribution in [0.1, 0.15) is 12.5 Å². The summed E-state index contributed by atoms with van der Waals surface area (Å²) in [5, 5.41) is 2.46. The molecule has 98 valence electrons. The first-order chi connectivity index (χ1) is 8.63. The molecular weight excluding hydrogens is 236 g/mol. The van der Waals surface area contributed by atoms with Gasteiger partial charge in [-0.3, -0.25) is 9.78 Å². The van der Waals surface area contributed by atoms with E-state index in [0.29, 0.717) is 6.61 Å². The fourth-order valence-corrected chi connectivity index (χ4v) is 1.33. The zero-order chi connectivity index (χ0) is 13.4. The van der Waals surface area contributed by atoms with E-state index in [1.807, 2.05) is 6.07 Å². The van der Waals surface area contributed by atoms with Crippen LogP contribution in [-0.2, 0) is 25.7 Å². The van der Waals surface area contributed by atoms with E-state index in [4.69, 9.17) is 4.74 Å². The van der Waals surface area contributed by atoms with E-state index >= 15 is 0 Å². The van der Waals surface area contributed by atoms with Crippen molar-refractivity contribution in [3.8, 4) is 0 Å². The smallest absolute Gasteiger partial charge is 0.330 e. The topological polar surface area (TPSA) is 77.5 Å². The van der Waals surface area contributed by atoms with Crippen LogP contribution in [0.25, 0.3) is 0 Å². The average Bonchev–Trinajstić information content (AvgIpc) is 2.37. The maximum atomic E-state index is 11.4. The molecule has 0 bridgehead atoms. The van der Waals surface area contributed by atoms with Gasteiger partial charge in [-0.2, -0.15) is 0 Å². The van der Waals surface area contributed by atoms with Gasteiger partial charge in [0.15, 0.2) is 6.04 Å². The minimum atomic E-state index is -0.788. The second-order valence-corrected chi connectivity index (χ2v) is 3.65. The lowest BCUT2D eigenvalue weighted by molar-refractivity contribution is -0.146. The number of amides is 1. The Kier molecular flexibility index (Phi) is 5.79. The molecule has 0 radical (unpaired) electrons. The highest BCUT2D eigenvalue weighted by atomic mass is 16.5. The molecule has 0 aliphatic rings. The number of carbonyl (C=O) groups is 2. The SMILES string of the molecule is COC(=O)C(COCc1cccnc1)NC(C)=O. The van der Waals surface area contributed by atoms with Crippen molar-refractivity contribution in [3.63, 3.8) is 0 Å². The normalized spacial score (nSPS) is 11.7. The number of ether oxygens (including phenoxy) is 2. The van der Waals surface area contributed by atoms with Crippen LogP contribution in [0.5, 0.6) is 0 Å². The van der Waals surface area contributed by atoms with E-state index < -0.39 is 12.0 Å². The number of rotatable bonds is 6. The zero-order valence-corrected chi connectivity index (χ0v) is 10.4. The van der Waals surface area contributed by atoms with Crippen molar-refractivity contribution in [2.75, 3.05) is 13.7 Å². The van der Waals surface area contributed by atoms with Gasteiger partial charge in [0.2, 0.25) is 5.91 Å². The van der Waals surface area contributed by atoms with E-state index in [0.717, 1.165) is 5.56 Å². The highest BCUT2D eigenvalue weighted by Gasteiger charge is 2.20. The van der Waals surface area contributed by atoms with Crippen molar-refractivity contribution in [3.05, 3.63) is 30.1 Å². The quantitative estimate of drug-likeness (QED) is 0.736. The fraction of sp³-hybridized carbons (Fsp3) is 0.417. The second kappa shape index (κ2) is 7.39. The number of carbonyl (C=O) groups excluding carboxylic acids is 2. The highest BCUT2D eigenvalue weighted by molar-refractivity contribution is 5.83. The Morgan fingerprint density at radius 2 is 2.28 bits per heavy atom. The lowest BCUT2D eigenvalue weighted by Gasteiger charge is -2.15. The molecule has 0 aliphatic heterocycles. The number of esters is 1. The number of pyridine rings is 1. The summed E-state index contributed by atoms with van der Waals surface area (Å²) >= 11 is 0. The molecule has 0 spiro atoms. The highest BCUT2D eigenvalue weighted by Crippen LogP contribution is 1.99. The first-order valence-corrected chi connectivity index (χ1v) is 5.45. The van der Waals surface area contributed by atoms with Gasteiger partial charge in [0, 0.05) is 19.3 Å². The van der Waals surface area contributed by atoms with Crippen LogP contribution < -0.4 is 5.32 Å². The predicted octanol–water partition coefficient (Wildman–Crippen LogP) is 0.276. The molecule has 0 saturated heterocycles. The Morgan fingerprint density at radius 1 is 1.50 bits per heavy atom. The summed E-state index contributed by atoms with van der Waals surface area (Å²) in [7, 11) is 1.26. The summed E-state index contributed by atoms with van der Waals surface area (Å²) in [5.74, 6) is -0.841. The molecule has 0 aliphatic carbocycles. The van der Waals surface area contributed by atoms with Crippen LogP contribution in [0.2, 0.25) is 0 Å². The summed E-state index contributed by atoms with van der Waals surface area (Å²) in [6.45, 7) is 1.71. The molecule has 1 atom stereocenters. The third-order valence-electron chi connectivity index (χ3n) is 2.14. The largest absolute Gasteiger partial charge is 0.467 e. The first-order valence-electron chi connectivity index (χ1n) is 5.45. The lowest BCUT2D eigenvalue weighted by atomic mass is 10.3. The molecule has 1 aromatic heterocycles. The van der Waals surface area contributed by atoms with Crippen molar-refractivity contribution >= 4 is 11.9 Å². The Labute approximate surface area is 105 Å². The van der Waals surface area contributed by atoms with Crippen LogP contribution in [0.4, 0.5) is 0 Å². The first kappa shape index (κ1) is 14.1. The molecule has 1 amide bonds. The maximum absolute atomic E-state index is 11.4. The lowest BCUT2D eigenvalue weighted by Crippen LogP contribution is -2.43. The third-order valence-corrected chi connectivity index (χ3v) is 2.14. The van der Waals surface area contributed by atoms with E-state index in [2.05, 4.69) is 15.0 Å². The zero-order valence-electron chi connectivity index (χ0n) is 10.4. The van der Waals surface area contributed by atoms with Gasteiger partial charge in [0.05, 0.1) is 20.3 Å². The minimum Gasteiger partial charge on any atom is -0.467 e. The molecule has 0 fully saturated rings. The van der Waals surface area contributed by atoms with Gasteiger partial charge in [-0.15, -0.1) is 0 Å². The van der Waals surface area contributed by atoms with Gasteiger partial charge in [-0.25, -0.2) is 4.79 Å². The number of methoxy groups -OCH3 is 1. The molecule has 1 unspecified atom stereocenters. The van der Waals surface area contributed by atoms with E-state index in [1.165, 1.54) is 14.0 Å². The number of hydrogen-bond donors (Lipinski definition) is 1. The number of aromatic nitrogens is 1. The Bertz CT molecular complexity index is 394. The third kappa shape index (κ3) is 4.92. The Hall–Kier alpha value is -1.95. The van der Waals surface area contributed by atoms with Crippen LogP contribution in [0.15, 0.2) is 24.5 Å². The van der Waals surface area contributed by atoms with Crippen molar-refractivity contribution in [2.24, 2.45) is 0 Å². The van der Waals surface area contributed by atoms with Crippen molar-refractivity contribution in [1.82, 2.24) is 10.3 Å². The van der Waals surface area contributed by atoms with Crippen LogP contribution in [-0.4, -0.2) is 36.6 Å². The fourth-order valence-electron chi connectivity index (χ4n) is 1.33. The summed E-state index contributed by atoms with van der Waals surface area (Å²) in [6, 6.07) is 2.87. The summed E-state index contributed by atoms with van der Waals surface area (Å²) in [4.78, 5) is 26.2. The standard InChI is InChI=1S/C12H16N2O4/c1-9(15)14-11(12(16)17-2)8-18-7-10-4-3-5-13-6-10/h3-6,11H,7-8H2,1-2H3,(H,14,15). The van der Waals surface area contributed by atoms with E-state index in [-0.39, 0.29) is 12.5 Å². The van der Waals surface area contributed by atoms with Crippen LogP contribution in [0.3, 0.4) is 0 Å². The number of nitrogens with zero attached hydrogens (tertiary/aromatic N) is 1. The summed E-state index contributed by atoms with van der Waals surface area (Å²) < 4.78 is 9.92. The minimum absolute atomic E-state index is 0.0567. The molecule has 18 heavy (non-hydrogen) atoms. The van der Waals surface area contributed by atoms with Crippen molar-refractivity contribution in [2.45, 2.75) is 19.6 Å². The summed E-state index contributed by atoms with van der Waals surface area (Å²) in [6.07, 6.45) is 3.34. The van der Waals surface area contributed by atoms with Gasteiger partial charge in [0.1, 0.15) is 0 Å². The van der Waals surface area contributed by atoms with E-state index in [1.54, 1.807) is 18.5 Å². The maximum Gasteiger partial charge on any atom is 0.330 e. The van der Waals surface area contributed by atoms with Gasteiger partial charge in [0.25, 0.3) is 0 Å².